The van der Waals surface area contributed by atoms with Crippen LogP contribution in [0.25, 0.3) is 77.5 Å². The molecule has 0 fully saturated rings. The molecule has 240 valence electrons. The van der Waals surface area contributed by atoms with Crippen molar-refractivity contribution in [2.45, 2.75) is 0 Å². The lowest BCUT2D eigenvalue weighted by Gasteiger charge is -2.26. The molecule has 4 heteroatoms. The third-order valence-electron chi connectivity index (χ3n) is 9.73. The predicted molar refractivity (Wildman–Crippen MR) is 210 cm³/mol. The molecular weight excluding hydrogens is 625 g/mol. The molecule has 0 unspecified atom stereocenters. The van der Waals surface area contributed by atoms with Crippen molar-refractivity contribution < 1.29 is 8.83 Å². The number of oxazole rings is 1. The molecule has 4 nitrogen and oxygen atoms in total. The van der Waals surface area contributed by atoms with Gasteiger partial charge in [0.05, 0.1) is 5.69 Å². The van der Waals surface area contributed by atoms with Gasteiger partial charge in [-0.05, 0) is 82.1 Å². The first kappa shape index (κ1) is 29.0. The zero-order chi connectivity index (χ0) is 33.7. The number of anilines is 3. The Kier molecular flexibility index (Phi) is 6.78. The first-order chi connectivity index (χ1) is 25.3. The normalized spacial score (nSPS) is 11.5. The molecule has 0 aliphatic rings. The van der Waals surface area contributed by atoms with Crippen LogP contribution < -0.4 is 4.90 Å². The molecule has 0 amide bonds. The van der Waals surface area contributed by atoms with E-state index in [0.29, 0.717) is 5.89 Å². The molecule has 10 aromatic rings. The zero-order valence-corrected chi connectivity index (χ0v) is 27.5. The average Bonchev–Trinajstić information content (AvgIpc) is 3.82. The van der Waals surface area contributed by atoms with Gasteiger partial charge in [0.1, 0.15) is 11.1 Å². The van der Waals surface area contributed by atoms with Crippen LogP contribution in [-0.4, -0.2) is 4.98 Å². The first-order valence-electron chi connectivity index (χ1n) is 17.1. The quantitative estimate of drug-likeness (QED) is 0.179. The van der Waals surface area contributed by atoms with Crippen LogP contribution in [-0.2, 0) is 0 Å². The van der Waals surface area contributed by atoms with Gasteiger partial charge >= 0.3 is 0 Å². The molecule has 0 spiro atoms. The molecule has 2 heterocycles. The van der Waals surface area contributed by atoms with Crippen molar-refractivity contribution in [3.8, 4) is 33.7 Å². The molecular formula is C47H30N2O2. The third-order valence-corrected chi connectivity index (χ3v) is 9.73. The summed E-state index contributed by atoms with van der Waals surface area (Å²) in [6.45, 7) is 0. The Morgan fingerprint density at radius 2 is 0.980 bits per heavy atom. The highest BCUT2D eigenvalue weighted by molar-refractivity contribution is 6.10. The van der Waals surface area contributed by atoms with E-state index < -0.39 is 0 Å². The SMILES string of the molecule is c1ccc(-c2nc3c(-c4ccc(N(c5ccc(-c6cccc7ccccc67)cc5)c5cccc6c5oc5ccccc56)cc4)cccc3o2)cc1. The highest BCUT2D eigenvalue weighted by Gasteiger charge is 2.20. The van der Waals surface area contributed by atoms with Gasteiger partial charge in [-0.1, -0.05) is 127 Å². The molecule has 0 atom stereocenters. The smallest absolute Gasteiger partial charge is 0.227 e. The minimum atomic E-state index is 0.617. The molecule has 0 saturated carbocycles. The summed E-state index contributed by atoms with van der Waals surface area (Å²) in [5.74, 6) is 0.617. The minimum absolute atomic E-state index is 0.617. The highest BCUT2D eigenvalue weighted by atomic mass is 16.3. The lowest BCUT2D eigenvalue weighted by molar-refractivity contribution is 0.620. The fourth-order valence-corrected chi connectivity index (χ4v) is 7.28. The fraction of sp³-hybridized carbons (Fsp3) is 0. The van der Waals surface area contributed by atoms with Gasteiger partial charge < -0.3 is 13.7 Å². The number of hydrogen-bond acceptors (Lipinski definition) is 4. The van der Waals surface area contributed by atoms with Crippen molar-refractivity contribution in [1.29, 1.82) is 0 Å². The lowest BCUT2D eigenvalue weighted by atomic mass is 9.98. The monoisotopic (exact) mass is 654 g/mol. The van der Waals surface area contributed by atoms with Crippen LogP contribution in [0.4, 0.5) is 17.1 Å². The fourth-order valence-electron chi connectivity index (χ4n) is 7.28. The number of fused-ring (bicyclic) bond motifs is 5. The maximum atomic E-state index is 6.57. The number of nitrogens with zero attached hydrogens (tertiary/aromatic N) is 2. The van der Waals surface area contributed by atoms with E-state index in [0.717, 1.165) is 66.8 Å². The van der Waals surface area contributed by atoms with E-state index in [-0.39, 0.29) is 0 Å². The predicted octanol–water partition coefficient (Wildman–Crippen LogP) is 13.4. The van der Waals surface area contributed by atoms with Crippen LogP contribution in [0, 0.1) is 0 Å². The van der Waals surface area contributed by atoms with Gasteiger partial charge in [-0.25, -0.2) is 4.98 Å². The zero-order valence-electron chi connectivity index (χ0n) is 27.5. The highest BCUT2D eigenvalue weighted by Crippen LogP contribution is 2.43. The van der Waals surface area contributed by atoms with E-state index in [1.807, 2.05) is 54.6 Å². The van der Waals surface area contributed by atoms with Gasteiger partial charge in [-0.15, -0.1) is 0 Å². The van der Waals surface area contributed by atoms with Gasteiger partial charge in [0.25, 0.3) is 0 Å². The Balaban J connectivity index is 1.10. The summed E-state index contributed by atoms with van der Waals surface area (Å²) in [6, 6.07) is 63.3. The number of rotatable bonds is 6. The van der Waals surface area contributed by atoms with Gasteiger partial charge in [-0.2, -0.15) is 0 Å². The van der Waals surface area contributed by atoms with Crippen LogP contribution in [0.3, 0.4) is 0 Å². The number of aromatic nitrogens is 1. The van der Waals surface area contributed by atoms with Crippen LogP contribution in [0.15, 0.2) is 191 Å². The van der Waals surface area contributed by atoms with Gasteiger partial charge in [0.2, 0.25) is 5.89 Å². The number of benzene rings is 8. The van der Waals surface area contributed by atoms with E-state index in [4.69, 9.17) is 13.8 Å². The molecule has 0 radical (unpaired) electrons. The summed E-state index contributed by atoms with van der Waals surface area (Å²) in [6.07, 6.45) is 0. The maximum Gasteiger partial charge on any atom is 0.227 e. The van der Waals surface area contributed by atoms with Crippen molar-refractivity contribution in [3.05, 3.63) is 182 Å². The minimum Gasteiger partial charge on any atom is -0.454 e. The molecule has 0 bridgehead atoms. The van der Waals surface area contributed by atoms with Crippen molar-refractivity contribution in [3.63, 3.8) is 0 Å². The number of furan rings is 1. The van der Waals surface area contributed by atoms with E-state index in [1.54, 1.807) is 0 Å². The Labute approximate surface area is 294 Å². The van der Waals surface area contributed by atoms with Gasteiger partial charge in [0, 0.05) is 33.3 Å². The van der Waals surface area contributed by atoms with E-state index >= 15 is 0 Å². The molecule has 0 saturated heterocycles. The summed E-state index contributed by atoms with van der Waals surface area (Å²) in [5, 5.41) is 4.66. The Morgan fingerprint density at radius 3 is 1.78 bits per heavy atom. The molecule has 2 aromatic heterocycles. The van der Waals surface area contributed by atoms with Crippen molar-refractivity contribution in [2.75, 3.05) is 4.90 Å². The van der Waals surface area contributed by atoms with Crippen molar-refractivity contribution in [2.24, 2.45) is 0 Å². The average molecular weight is 655 g/mol. The molecule has 8 aromatic carbocycles. The largest absolute Gasteiger partial charge is 0.454 e. The third kappa shape index (κ3) is 4.96. The van der Waals surface area contributed by atoms with Crippen LogP contribution in [0.5, 0.6) is 0 Å². The topological polar surface area (TPSA) is 42.4 Å². The number of hydrogen-bond donors (Lipinski definition) is 0. The summed E-state index contributed by atoms with van der Waals surface area (Å²) in [4.78, 5) is 7.21. The maximum absolute atomic E-state index is 6.57. The van der Waals surface area contributed by atoms with Gasteiger partial charge in [0.15, 0.2) is 11.2 Å². The van der Waals surface area contributed by atoms with Crippen molar-refractivity contribution >= 4 is 60.9 Å². The van der Waals surface area contributed by atoms with Crippen molar-refractivity contribution in [1.82, 2.24) is 4.98 Å². The standard InChI is InChI=1S/C47H30N2O2/c1-2-12-34(13-3-1)47-48-45-39(18-10-22-44(45)51-47)33-25-29-36(30-26-33)49(42-20-9-19-41-40-16-6-7-21-43(40)50-46(41)42)35-27-23-32(24-28-35)38-17-8-14-31-11-4-5-15-37(31)38/h1-30H. The second-order valence-corrected chi connectivity index (χ2v) is 12.7. The molecule has 51 heavy (non-hydrogen) atoms. The van der Waals surface area contributed by atoms with E-state index in [2.05, 4.69) is 132 Å². The molecule has 0 N–H and O–H groups in total. The lowest BCUT2D eigenvalue weighted by Crippen LogP contribution is -2.10. The van der Waals surface area contributed by atoms with E-state index in [9.17, 15) is 0 Å². The van der Waals surface area contributed by atoms with Crippen LogP contribution in [0.2, 0.25) is 0 Å². The molecule has 0 aliphatic carbocycles. The Hall–Kier alpha value is -6.91. The van der Waals surface area contributed by atoms with E-state index in [1.165, 1.54) is 21.9 Å². The first-order valence-corrected chi connectivity index (χ1v) is 17.1. The Bertz CT molecular complexity index is 2840. The summed E-state index contributed by atoms with van der Waals surface area (Å²) in [5.41, 5.74) is 11.8. The van der Waals surface area contributed by atoms with Gasteiger partial charge in [-0.3, -0.25) is 0 Å². The van der Waals surface area contributed by atoms with Crippen LogP contribution >= 0.6 is 0 Å². The summed E-state index contributed by atoms with van der Waals surface area (Å²) < 4.78 is 12.8. The summed E-state index contributed by atoms with van der Waals surface area (Å²) >= 11 is 0. The Morgan fingerprint density at radius 1 is 0.392 bits per heavy atom. The second kappa shape index (κ2) is 11.9. The molecule has 10 rings (SSSR count). The molecule has 0 aliphatic heterocycles. The number of para-hydroxylation sites is 3. The summed E-state index contributed by atoms with van der Waals surface area (Å²) in [7, 11) is 0. The second-order valence-electron chi connectivity index (χ2n) is 12.7. The van der Waals surface area contributed by atoms with Crippen LogP contribution in [0.1, 0.15) is 0 Å².